The van der Waals surface area contributed by atoms with E-state index in [1.165, 1.54) is 83.5 Å². The average Bonchev–Trinajstić information content (AvgIpc) is 3.07. The highest BCUT2D eigenvalue weighted by atomic mass is 31.2. The van der Waals surface area contributed by atoms with Crippen molar-refractivity contribution in [2.45, 2.75) is 187 Å². The van der Waals surface area contributed by atoms with Crippen LogP contribution in [0.25, 0.3) is 0 Å². The zero-order valence-electron chi connectivity index (χ0n) is 31.0. The molecule has 282 valence electrons. The molecule has 0 fully saturated rings. The molecular formula is C39H75N2O6P. The van der Waals surface area contributed by atoms with Gasteiger partial charge < -0.3 is 21.1 Å². The van der Waals surface area contributed by atoms with Crippen molar-refractivity contribution >= 4 is 13.7 Å². The third-order valence-electron chi connectivity index (χ3n) is 8.44. The molecule has 0 aliphatic rings. The van der Waals surface area contributed by atoms with Crippen molar-refractivity contribution < 1.29 is 28.4 Å². The minimum atomic E-state index is -4.34. The lowest BCUT2D eigenvalue weighted by atomic mass is 10.0. The summed E-state index contributed by atoms with van der Waals surface area (Å²) in [6.45, 7) is 4.05. The molecule has 0 bridgehead atoms. The number of phosphoric acid groups is 1. The van der Waals surface area contributed by atoms with Crippen molar-refractivity contribution in [2.24, 2.45) is 5.73 Å². The number of hydrogen-bond donors (Lipinski definition) is 4. The van der Waals surface area contributed by atoms with Gasteiger partial charge in [-0.3, -0.25) is 13.8 Å². The zero-order valence-corrected chi connectivity index (χ0v) is 31.9. The Bertz CT molecular complexity index is 850. The van der Waals surface area contributed by atoms with Crippen LogP contribution < -0.4 is 11.1 Å². The Kier molecular flexibility index (Phi) is 34.6. The minimum absolute atomic E-state index is 0.0755. The third kappa shape index (κ3) is 33.2. The van der Waals surface area contributed by atoms with Crippen molar-refractivity contribution in [1.82, 2.24) is 5.32 Å². The molecule has 0 aromatic heterocycles. The van der Waals surface area contributed by atoms with Crippen LogP contribution in [0, 0.1) is 0 Å². The van der Waals surface area contributed by atoms with Gasteiger partial charge in [0.05, 0.1) is 25.4 Å². The summed E-state index contributed by atoms with van der Waals surface area (Å²) in [5, 5.41) is 13.6. The van der Waals surface area contributed by atoms with Gasteiger partial charge in [-0.15, -0.1) is 0 Å². The largest absolute Gasteiger partial charge is 0.472 e. The second kappa shape index (κ2) is 35.5. The van der Waals surface area contributed by atoms with Crippen LogP contribution in [0.4, 0.5) is 0 Å². The van der Waals surface area contributed by atoms with Gasteiger partial charge in [-0.25, -0.2) is 4.57 Å². The number of aliphatic hydroxyl groups is 1. The van der Waals surface area contributed by atoms with Gasteiger partial charge in [-0.1, -0.05) is 159 Å². The summed E-state index contributed by atoms with van der Waals surface area (Å²) in [5.74, 6) is -0.210. The Balaban J connectivity index is 4.31. The number of hydrogen-bond acceptors (Lipinski definition) is 6. The fourth-order valence-corrected chi connectivity index (χ4v) is 6.22. The van der Waals surface area contributed by atoms with Crippen LogP contribution in [-0.4, -0.2) is 47.8 Å². The van der Waals surface area contributed by atoms with Crippen LogP contribution in [-0.2, 0) is 18.4 Å². The fourth-order valence-electron chi connectivity index (χ4n) is 5.46. The van der Waals surface area contributed by atoms with Crippen molar-refractivity contribution in [2.75, 3.05) is 19.8 Å². The molecule has 3 atom stereocenters. The topological polar surface area (TPSA) is 131 Å². The number of aliphatic hydroxyl groups excluding tert-OH is 1. The number of nitrogens with one attached hydrogen (secondary N) is 1. The Morgan fingerprint density at radius 3 is 1.73 bits per heavy atom. The highest BCUT2D eigenvalue weighted by Gasteiger charge is 2.26. The normalized spacial score (nSPS) is 14.7. The first-order valence-corrected chi connectivity index (χ1v) is 21.1. The van der Waals surface area contributed by atoms with E-state index in [1.54, 1.807) is 6.08 Å². The van der Waals surface area contributed by atoms with E-state index in [0.717, 1.165) is 70.6 Å². The molecule has 0 saturated carbocycles. The first-order valence-electron chi connectivity index (χ1n) is 19.6. The zero-order chi connectivity index (χ0) is 35.4. The highest BCUT2D eigenvalue weighted by Crippen LogP contribution is 2.43. The lowest BCUT2D eigenvalue weighted by molar-refractivity contribution is -0.123. The maximum absolute atomic E-state index is 12.7. The average molecular weight is 699 g/mol. The number of carbonyl (C=O) groups excluding carboxylic acids is 1. The van der Waals surface area contributed by atoms with Crippen LogP contribution in [0.2, 0.25) is 0 Å². The molecule has 0 rings (SSSR count). The number of amides is 1. The first kappa shape index (κ1) is 46.7. The van der Waals surface area contributed by atoms with E-state index in [0.29, 0.717) is 6.42 Å². The van der Waals surface area contributed by atoms with Gasteiger partial charge in [-0.2, -0.15) is 0 Å². The Hall–Kier alpha value is -1.28. The Morgan fingerprint density at radius 2 is 1.19 bits per heavy atom. The molecule has 3 unspecified atom stereocenters. The molecule has 48 heavy (non-hydrogen) atoms. The van der Waals surface area contributed by atoms with E-state index in [4.69, 9.17) is 14.8 Å². The van der Waals surface area contributed by atoms with E-state index in [1.807, 2.05) is 6.08 Å². The van der Waals surface area contributed by atoms with E-state index in [-0.39, 0.29) is 25.7 Å². The van der Waals surface area contributed by atoms with Crippen LogP contribution in [0.15, 0.2) is 36.5 Å². The predicted molar refractivity (Wildman–Crippen MR) is 203 cm³/mol. The molecule has 8 nitrogen and oxygen atoms in total. The molecule has 0 aromatic rings. The van der Waals surface area contributed by atoms with Crippen LogP contribution in [0.3, 0.4) is 0 Å². The number of phosphoric ester groups is 1. The number of unbranched alkanes of at least 4 members (excludes halogenated alkanes) is 20. The Labute approximate surface area is 295 Å². The van der Waals surface area contributed by atoms with E-state index >= 15 is 0 Å². The van der Waals surface area contributed by atoms with Crippen LogP contribution >= 0.6 is 7.82 Å². The van der Waals surface area contributed by atoms with Crippen LogP contribution in [0.5, 0.6) is 0 Å². The number of carbonyl (C=O) groups is 1. The van der Waals surface area contributed by atoms with E-state index < -0.39 is 20.0 Å². The number of allylic oxidation sites excluding steroid dienone is 5. The molecule has 0 radical (unpaired) electrons. The van der Waals surface area contributed by atoms with Gasteiger partial charge in [0.25, 0.3) is 0 Å². The maximum Gasteiger partial charge on any atom is 0.472 e. The molecule has 0 aromatic carbocycles. The fraction of sp³-hybridized carbons (Fsp3) is 0.821. The van der Waals surface area contributed by atoms with Gasteiger partial charge in [0.1, 0.15) is 0 Å². The smallest absolute Gasteiger partial charge is 0.387 e. The summed E-state index contributed by atoms with van der Waals surface area (Å²) in [6.07, 6.45) is 40.4. The molecule has 0 aliphatic heterocycles. The summed E-state index contributed by atoms with van der Waals surface area (Å²) < 4.78 is 22.0. The maximum atomic E-state index is 12.7. The lowest BCUT2D eigenvalue weighted by Crippen LogP contribution is -2.45. The van der Waals surface area contributed by atoms with Gasteiger partial charge in [-0.05, 0) is 44.9 Å². The second-order valence-electron chi connectivity index (χ2n) is 13.1. The van der Waals surface area contributed by atoms with Gasteiger partial charge in [0.2, 0.25) is 5.91 Å². The van der Waals surface area contributed by atoms with Crippen molar-refractivity contribution in [3.63, 3.8) is 0 Å². The summed E-state index contributed by atoms with van der Waals surface area (Å²) in [5.41, 5.74) is 5.36. The third-order valence-corrected chi connectivity index (χ3v) is 9.43. The SMILES string of the molecule is CCC/C=C\C/C=C\CCCCCCCC(=O)NC(COP(=O)(O)OCCN)C(O)/C=C/CCCCCCCCCCCCCCCC. The summed E-state index contributed by atoms with van der Waals surface area (Å²) in [7, 11) is -4.34. The standard InChI is InChI=1S/C39H75N2O6P/c1-3-5-7-9-11-13-15-17-18-19-21-22-24-26-28-30-32-38(42)37(36-47-48(44,45)46-35-34-40)41-39(43)33-31-29-27-25-23-20-16-14-12-10-8-6-4-2/h8,10,14,16,30,32,37-38,42H,3-7,9,11-13,15,17-29,31,33-36,40H2,1-2H3,(H,41,43)(H,44,45)/b10-8-,16-14-,32-30+. The lowest BCUT2D eigenvalue weighted by Gasteiger charge is -2.23. The number of nitrogens with two attached hydrogens (primary N) is 1. The highest BCUT2D eigenvalue weighted by molar-refractivity contribution is 7.47. The minimum Gasteiger partial charge on any atom is -0.387 e. The second-order valence-corrected chi connectivity index (χ2v) is 14.6. The summed E-state index contributed by atoms with van der Waals surface area (Å²) in [4.78, 5) is 22.6. The van der Waals surface area contributed by atoms with Crippen molar-refractivity contribution in [3.8, 4) is 0 Å². The molecule has 0 spiro atoms. The molecular weight excluding hydrogens is 623 g/mol. The molecule has 0 saturated heterocycles. The van der Waals surface area contributed by atoms with Crippen molar-refractivity contribution in [1.29, 1.82) is 0 Å². The molecule has 9 heteroatoms. The number of rotatable bonds is 36. The molecule has 1 amide bonds. The molecule has 5 N–H and O–H groups in total. The monoisotopic (exact) mass is 699 g/mol. The molecule has 0 aliphatic carbocycles. The predicted octanol–water partition coefficient (Wildman–Crippen LogP) is 10.4. The quantitative estimate of drug-likeness (QED) is 0.0291. The molecule has 0 heterocycles. The summed E-state index contributed by atoms with van der Waals surface area (Å²) in [6, 6.07) is -0.865. The van der Waals surface area contributed by atoms with Crippen molar-refractivity contribution in [3.05, 3.63) is 36.5 Å². The van der Waals surface area contributed by atoms with E-state index in [2.05, 4.69) is 43.5 Å². The van der Waals surface area contributed by atoms with Crippen LogP contribution in [0.1, 0.15) is 174 Å². The van der Waals surface area contributed by atoms with Gasteiger partial charge in [0, 0.05) is 13.0 Å². The van der Waals surface area contributed by atoms with Gasteiger partial charge >= 0.3 is 7.82 Å². The van der Waals surface area contributed by atoms with E-state index in [9.17, 15) is 19.4 Å². The van der Waals surface area contributed by atoms with Gasteiger partial charge in [0.15, 0.2) is 0 Å². The first-order chi connectivity index (χ1) is 23.4. The Morgan fingerprint density at radius 1 is 0.688 bits per heavy atom. The summed E-state index contributed by atoms with van der Waals surface area (Å²) >= 11 is 0.